The molecule has 0 atom stereocenters. The van der Waals surface area contributed by atoms with Crippen LogP contribution < -0.4 is 11.1 Å². The van der Waals surface area contributed by atoms with Crippen LogP contribution in [-0.4, -0.2) is 30.9 Å². The molecule has 1 aliphatic carbocycles. The smallest absolute Gasteiger partial charge is 0.338 e. The van der Waals surface area contributed by atoms with Crippen molar-refractivity contribution in [3.63, 3.8) is 0 Å². The second kappa shape index (κ2) is 8.86. The number of hydrogen-bond donors (Lipinski definition) is 2. The van der Waals surface area contributed by atoms with Gasteiger partial charge in [0.25, 0.3) is 5.91 Å². The molecule has 0 heterocycles. The molecule has 2 amide bonds. The summed E-state index contributed by atoms with van der Waals surface area (Å²) < 4.78 is 4.95. The molecule has 0 unspecified atom stereocenters. The lowest BCUT2D eigenvalue weighted by Gasteiger charge is -2.13. The molecule has 0 fully saturated rings. The van der Waals surface area contributed by atoms with Crippen molar-refractivity contribution < 1.29 is 19.1 Å². The molecule has 0 spiro atoms. The predicted molar refractivity (Wildman–Crippen MR) is 89.4 cm³/mol. The molecule has 0 aromatic heterocycles. The molecule has 0 radical (unpaired) electrons. The standard InChI is InChI=1S/C18H22N2O4/c19-17(22)14-6-8-15(9-7-14)18(23)24-12-16(21)20-11-10-13-4-2-1-3-5-13/h4,6-9H,1-3,5,10-12H2,(H2,19,22)(H,20,21). The van der Waals surface area contributed by atoms with Crippen LogP contribution in [0.5, 0.6) is 0 Å². The van der Waals surface area contributed by atoms with Crippen LogP contribution in [0.15, 0.2) is 35.9 Å². The van der Waals surface area contributed by atoms with Crippen LogP contribution in [0, 0.1) is 0 Å². The Morgan fingerprint density at radius 3 is 2.42 bits per heavy atom. The SMILES string of the molecule is NC(=O)c1ccc(C(=O)OCC(=O)NCCC2=CCCCC2)cc1. The van der Waals surface area contributed by atoms with Gasteiger partial charge in [-0.15, -0.1) is 0 Å². The molecule has 1 aliphatic rings. The van der Waals surface area contributed by atoms with Gasteiger partial charge in [-0.05, 0) is 56.4 Å². The molecule has 6 heteroatoms. The van der Waals surface area contributed by atoms with Crippen LogP contribution in [0.1, 0.15) is 52.8 Å². The minimum Gasteiger partial charge on any atom is -0.452 e. The normalized spacial score (nSPS) is 13.8. The maximum absolute atomic E-state index is 11.8. The third-order valence-electron chi connectivity index (χ3n) is 3.89. The predicted octanol–water partition coefficient (Wildman–Crippen LogP) is 1.95. The van der Waals surface area contributed by atoms with Gasteiger partial charge in [0.1, 0.15) is 0 Å². The topological polar surface area (TPSA) is 98.5 Å². The van der Waals surface area contributed by atoms with Crippen molar-refractivity contribution in [3.05, 3.63) is 47.0 Å². The van der Waals surface area contributed by atoms with Gasteiger partial charge in [-0.1, -0.05) is 11.6 Å². The summed E-state index contributed by atoms with van der Waals surface area (Å²) in [5.41, 5.74) is 7.08. The minimum atomic E-state index is -0.615. The fourth-order valence-corrected chi connectivity index (χ4v) is 2.53. The molecule has 0 bridgehead atoms. The van der Waals surface area contributed by atoms with Gasteiger partial charge >= 0.3 is 5.97 Å². The lowest BCUT2D eigenvalue weighted by molar-refractivity contribution is -0.124. The minimum absolute atomic E-state index is 0.264. The number of carbonyl (C=O) groups excluding carboxylic acids is 3. The number of esters is 1. The van der Waals surface area contributed by atoms with E-state index >= 15 is 0 Å². The van der Waals surface area contributed by atoms with Crippen molar-refractivity contribution in [1.29, 1.82) is 0 Å². The van der Waals surface area contributed by atoms with Gasteiger partial charge in [-0.2, -0.15) is 0 Å². The lowest BCUT2D eigenvalue weighted by Crippen LogP contribution is -2.29. The Labute approximate surface area is 141 Å². The molecular weight excluding hydrogens is 308 g/mol. The molecule has 0 saturated heterocycles. The van der Waals surface area contributed by atoms with Crippen LogP contribution in [0.2, 0.25) is 0 Å². The van der Waals surface area contributed by atoms with Crippen LogP contribution in [-0.2, 0) is 9.53 Å². The fraction of sp³-hybridized carbons (Fsp3) is 0.389. The number of hydrogen-bond acceptors (Lipinski definition) is 4. The summed E-state index contributed by atoms with van der Waals surface area (Å²) >= 11 is 0. The Morgan fingerprint density at radius 2 is 1.79 bits per heavy atom. The molecule has 1 aromatic rings. The van der Waals surface area contributed by atoms with E-state index in [9.17, 15) is 14.4 Å². The molecule has 2 rings (SSSR count). The number of carbonyl (C=O) groups is 3. The first-order valence-corrected chi connectivity index (χ1v) is 8.08. The summed E-state index contributed by atoms with van der Waals surface area (Å²) in [7, 11) is 0. The van der Waals surface area contributed by atoms with Gasteiger partial charge in [0, 0.05) is 12.1 Å². The monoisotopic (exact) mass is 330 g/mol. The fourth-order valence-electron chi connectivity index (χ4n) is 2.53. The van der Waals surface area contributed by atoms with Crippen molar-refractivity contribution in [3.8, 4) is 0 Å². The van der Waals surface area contributed by atoms with Crippen molar-refractivity contribution in [2.45, 2.75) is 32.1 Å². The van der Waals surface area contributed by atoms with Crippen molar-refractivity contribution in [1.82, 2.24) is 5.32 Å². The largest absolute Gasteiger partial charge is 0.452 e. The van der Waals surface area contributed by atoms with E-state index in [0.717, 1.165) is 19.3 Å². The van der Waals surface area contributed by atoms with Crippen molar-refractivity contribution >= 4 is 17.8 Å². The average molecular weight is 330 g/mol. The van der Waals surface area contributed by atoms with Gasteiger partial charge < -0.3 is 15.8 Å². The third kappa shape index (κ3) is 5.53. The Bertz CT molecular complexity index is 635. The summed E-state index contributed by atoms with van der Waals surface area (Å²) in [6.45, 7) is 0.227. The number of nitrogens with one attached hydrogen (secondary N) is 1. The highest BCUT2D eigenvalue weighted by Gasteiger charge is 2.11. The van der Waals surface area contributed by atoms with Gasteiger partial charge in [-0.25, -0.2) is 4.79 Å². The Kier molecular flexibility index (Phi) is 6.54. The van der Waals surface area contributed by atoms with E-state index in [0.29, 0.717) is 12.1 Å². The molecule has 0 saturated carbocycles. The molecule has 24 heavy (non-hydrogen) atoms. The highest BCUT2D eigenvalue weighted by atomic mass is 16.5. The second-order valence-electron chi connectivity index (χ2n) is 5.73. The van der Waals surface area contributed by atoms with Crippen LogP contribution in [0.25, 0.3) is 0 Å². The first-order chi connectivity index (χ1) is 11.6. The highest BCUT2D eigenvalue weighted by molar-refractivity contribution is 5.95. The Balaban J connectivity index is 1.69. The number of primary amides is 1. The van der Waals surface area contributed by atoms with E-state index in [1.807, 2.05) is 0 Å². The molecule has 0 aliphatic heterocycles. The molecule has 128 valence electrons. The first kappa shape index (κ1) is 17.7. The number of benzene rings is 1. The second-order valence-corrected chi connectivity index (χ2v) is 5.73. The number of nitrogens with two attached hydrogens (primary N) is 1. The zero-order valence-corrected chi connectivity index (χ0v) is 13.5. The molecule has 1 aromatic carbocycles. The van der Waals surface area contributed by atoms with Gasteiger partial charge in [0.2, 0.25) is 5.91 Å². The number of ether oxygens (including phenoxy) is 1. The number of rotatable bonds is 7. The molecular formula is C18H22N2O4. The molecule has 3 N–H and O–H groups in total. The van der Waals surface area contributed by atoms with Gasteiger partial charge in [-0.3, -0.25) is 9.59 Å². The first-order valence-electron chi connectivity index (χ1n) is 8.08. The summed E-state index contributed by atoms with van der Waals surface area (Å²) in [5, 5.41) is 2.74. The zero-order chi connectivity index (χ0) is 17.4. The number of allylic oxidation sites excluding steroid dienone is 1. The van der Waals surface area contributed by atoms with Crippen LogP contribution in [0.4, 0.5) is 0 Å². The van der Waals surface area contributed by atoms with Crippen molar-refractivity contribution in [2.24, 2.45) is 5.73 Å². The number of amides is 2. The van der Waals surface area contributed by atoms with Gasteiger partial charge in [0.15, 0.2) is 6.61 Å². The average Bonchev–Trinajstić information content (AvgIpc) is 2.60. The molecule has 6 nitrogen and oxygen atoms in total. The summed E-state index contributed by atoms with van der Waals surface area (Å²) in [6.07, 6.45) is 7.76. The van der Waals surface area contributed by atoms with Crippen LogP contribution >= 0.6 is 0 Å². The Morgan fingerprint density at radius 1 is 1.08 bits per heavy atom. The van der Waals surface area contributed by atoms with E-state index in [4.69, 9.17) is 10.5 Å². The van der Waals surface area contributed by atoms with E-state index in [1.165, 1.54) is 42.7 Å². The Hall–Kier alpha value is -2.63. The summed E-state index contributed by atoms with van der Waals surface area (Å²) in [5.74, 6) is -1.51. The van der Waals surface area contributed by atoms with E-state index < -0.39 is 11.9 Å². The van der Waals surface area contributed by atoms with Gasteiger partial charge in [0.05, 0.1) is 5.56 Å². The maximum atomic E-state index is 11.8. The maximum Gasteiger partial charge on any atom is 0.338 e. The third-order valence-corrected chi connectivity index (χ3v) is 3.89. The lowest BCUT2D eigenvalue weighted by atomic mass is 9.97. The van der Waals surface area contributed by atoms with Crippen molar-refractivity contribution in [2.75, 3.05) is 13.2 Å². The van der Waals surface area contributed by atoms with E-state index in [1.54, 1.807) is 0 Å². The van der Waals surface area contributed by atoms with E-state index in [-0.39, 0.29) is 18.1 Å². The van der Waals surface area contributed by atoms with Crippen LogP contribution in [0.3, 0.4) is 0 Å². The summed E-state index contributed by atoms with van der Waals surface area (Å²) in [4.78, 5) is 34.5. The summed E-state index contributed by atoms with van der Waals surface area (Å²) in [6, 6.07) is 5.76. The quantitative estimate of drug-likeness (QED) is 0.589. The van der Waals surface area contributed by atoms with E-state index in [2.05, 4.69) is 11.4 Å². The zero-order valence-electron chi connectivity index (χ0n) is 13.5. The highest BCUT2D eigenvalue weighted by Crippen LogP contribution is 2.19.